The van der Waals surface area contributed by atoms with Crippen molar-refractivity contribution in [2.24, 2.45) is 0 Å². The molecule has 1 aromatic heterocycles. The molecular formula is C17H17N3OS. The summed E-state index contributed by atoms with van der Waals surface area (Å²) in [6.07, 6.45) is 5.07. The number of fused-ring (bicyclic) bond motifs is 1. The number of aryl methyl sites for hydroxylation is 3. The summed E-state index contributed by atoms with van der Waals surface area (Å²) >= 11 is 1.16. The first-order chi connectivity index (χ1) is 10.7. The van der Waals surface area contributed by atoms with E-state index in [1.54, 1.807) is 6.92 Å². The van der Waals surface area contributed by atoms with E-state index >= 15 is 0 Å². The molecule has 0 unspecified atom stereocenters. The van der Waals surface area contributed by atoms with Crippen molar-refractivity contribution in [1.29, 1.82) is 5.26 Å². The van der Waals surface area contributed by atoms with Crippen molar-refractivity contribution in [2.45, 2.75) is 39.0 Å². The van der Waals surface area contributed by atoms with Crippen LogP contribution in [0.4, 0.5) is 5.00 Å². The fourth-order valence-electron chi connectivity index (χ4n) is 2.84. The lowest BCUT2D eigenvalue weighted by Gasteiger charge is -2.16. The molecule has 1 aliphatic carbocycles. The first kappa shape index (κ1) is 14.7. The van der Waals surface area contributed by atoms with E-state index in [0.717, 1.165) is 29.9 Å². The van der Waals surface area contributed by atoms with Crippen molar-refractivity contribution in [1.82, 2.24) is 4.37 Å². The average Bonchev–Trinajstić information content (AvgIpc) is 2.86. The summed E-state index contributed by atoms with van der Waals surface area (Å²) in [5.41, 5.74) is 4.95. The lowest BCUT2D eigenvalue weighted by atomic mass is 9.90. The second kappa shape index (κ2) is 6.29. The van der Waals surface area contributed by atoms with Gasteiger partial charge in [-0.25, -0.2) is 0 Å². The van der Waals surface area contributed by atoms with Crippen molar-refractivity contribution in [2.75, 3.05) is 5.32 Å². The predicted molar refractivity (Wildman–Crippen MR) is 87.0 cm³/mol. The maximum Gasteiger partial charge on any atom is 0.229 e. The first-order valence-electron chi connectivity index (χ1n) is 7.44. The van der Waals surface area contributed by atoms with Crippen molar-refractivity contribution in [3.63, 3.8) is 0 Å². The van der Waals surface area contributed by atoms with Gasteiger partial charge >= 0.3 is 0 Å². The Labute approximate surface area is 134 Å². The van der Waals surface area contributed by atoms with E-state index in [9.17, 15) is 4.79 Å². The van der Waals surface area contributed by atoms with Gasteiger partial charge in [0.2, 0.25) is 5.91 Å². The highest BCUT2D eigenvalue weighted by molar-refractivity contribution is 7.10. The average molecular weight is 311 g/mol. The summed E-state index contributed by atoms with van der Waals surface area (Å²) < 4.78 is 4.11. The van der Waals surface area contributed by atoms with Gasteiger partial charge in [-0.15, -0.1) is 0 Å². The van der Waals surface area contributed by atoms with Crippen molar-refractivity contribution >= 4 is 22.4 Å². The number of aromatic nitrogens is 1. The van der Waals surface area contributed by atoms with Gasteiger partial charge in [-0.3, -0.25) is 4.79 Å². The number of nitriles is 1. The molecule has 22 heavy (non-hydrogen) atoms. The molecule has 0 radical (unpaired) electrons. The molecule has 0 atom stereocenters. The molecule has 3 rings (SSSR count). The topological polar surface area (TPSA) is 65.8 Å². The van der Waals surface area contributed by atoms with Gasteiger partial charge in [0, 0.05) is 0 Å². The second-order valence-electron chi connectivity index (χ2n) is 5.62. The molecule has 2 aromatic rings. The van der Waals surface area contributed by atoms with E-state index in [-0.39, 0.29) is 5.91 Å². The third-order valence-corrected chi connectivity index (χ3v) is 4.86. The van der Waals surface area contributed by atoms with Gasteiger partial charge in [0.15, 0.2) is 0 Å². The number of carbonyl (C=O) groups excluding carboxylic acids is 1. The summed E-state index contributed by atoms with van der Waals surface area (Å²) in [6, 6.07) is 8.42. The predicted octanol–water partition coefficient (Wildman–Crippen LogP) is 3.38. The van der Waals surface area contributed by atoms with Crippen LogP contribution in [0, 0.1) is 18.3 Å². The van der Waals surface area contributed by atoms with Gasteiger partial charge in [0.1, 0.15) is 16.6 Å². The van der Waals surface area contributed by atoms with E-state index in [0.29, 0.717) is 22.7 Å². The maximum absolute atomic E-state index is 12.2. The number of anilines is 1. The maximum atomic E-state index is 12.2. The zero-order valence-corrected chi connectivity index (χ0v) is 13.3. The number of benzene rings is 1. The fourth-order valence-corrected chi connectivity index (χ4v) is 3.60. The van der Waals surface area contributed by atoms with Crippen molar-refractivity contribution in [3.05, 3.63) is 46.1 Å². The zero-order chi connectivity index (χ0) is 15.5. The van der Waals surface area contributed by atoms with Crippen LogP contribution in [0.15, 0.2) is 18.2 Å². The number of nitrogens with one attached hydrogen (secondary N) is 1. The van der Waals surface area contributed by atoms with Gasteiger partial charge in [-0.1, -0.05) is 18.2 Å². The molecule has 4 nitrogen and oxygen atoms in total. The summed E-state index contributed by atoms with van der Waals surface area (Å²) in [7, 11) is 0. The van der Waals surface area contributed by atoms with Crippen LogP contribution in [0.5, 0.6) is 0 Å². The molecule has 1 amide bonds. The highest BCUT2D eigenvalue weighted by Crippen LogP contribution is 2.25. The van der Waals surface area contributed by atoms with E-state index in [1.165, 1.54) is 24.0 Å². The SMILES string of the molecule is Cc1nsc(NC(=O)Cc2ccc3c(c2)CCCC3)c1C#N. The smallest absolute Gasteiger partial charge is 0.229 e. The molecule has 0 saturated heterocycles. The van der Waals surface area contributed by atoms with Crippen LogP contribution >= 0.6 is 11.5 Å². The van der Waals surface area contributed by atoms with Crippen LogP contribution in [0.2, 0.25) is 0 Å². The Bertz CT molecular complexity index is 758. The molecule has 5 heteroatoms. The van der Waals surface area contributed by atoms with Crippen LogP contribution in [0.1, 0.15) is 40.8 Å². The largest absolute Gasteiger partial charge is 0.315 e. The molecule has 0 spiro atoms. The fraction of sp³-hybridized carbons (Fsp3) is 0.353. The van der Waals surface area contributed by atoms with Gasteiger partial charge < -0.3 is 5.32 Å². The Morgan fingerprint density at radius 2 is 2.14 bits per heavy atom. The molecule has 1 aromatic carbocycles. The number of amides is 1. The molecule has 0 fully saturated rings. The number of nitrogens with zero attached hydrogens (tertiary/aromatic N) is 2. The molecule has 0 aliphatic heterocycles. The van der Waals surface area contributed by atoms with Crippen molar-refractivity contribution in [3.8, 4) is 6.07 Å². The number of carbonyl (C=O) groups is 1. The van der Waals surface area contributed by atoms with Crippen LogP contribution in [0.25, 0.3) is 0 Å². The third kappa shape index (κ3) is 3.02. The highest BCUT2D eigenvalue weighted by Gasteiger charge is 2.14. The van der Waals surface area contributed by atoms with Crippen LogP contribution in [-0.4, -0.2) is 10.3 Å². The quantitative estimate of drug-likeness (QED) is 0.945. The van der Waals surface area contributed by atoms with Gasteiger partial charge in [0.05, 0.1) is 12.1 Å². The van der Waals surface area contributed by atoms with E-state index in [2.05, 4.69) is 27.9 Å². The van der Waals surface area contributed by atoms with Gasteiger partial charge in [-0.05, 0) is 60.8 Å². The Hall–Kier alpha value is -2.19. The summed E-state index contributed by atoms with van der Waals surface area (Å²) in [5.74, 6) is -0.101. The zero-order valence-electron chi connectivity index (χ0n) is 12.5. The highest BCUT2D eigenvalue weighted by atomic mass is 32.1. The van der Waals surface area contributed by atoms with Crippen LogP contribution < -0.4 is 5.32 Å². The molecule has 1 aliphatic rings. The number of hydrogen-bond acceptors (Lipinski definition) is 4. The third-order valence-electron chi connectivity index (χ3n) is 4.01. The van der Waals surface area contributed by atoms with E-state index in [1.807, 2.05) is 6.07 Å². The summed E-state index contributed by atoms with van der Waals surface area (Å²) in [5, 5.41) is 12.4. The van der Waals surface area contributed by atoms with Gasteiger partial charge in [0.25, 0.3) is 0 Å². The van der Waals surface area contributed by atoms with E-state index in [4.69, 9.17) is 5.26 Å². The minimum absolute atomic E-state index is 0.101. The van der Waals surface area contributed by atoms with Crippen molar-refractivity contribution < 1.29 is 4.79 Å². The lowest BCUT2D eigenvalue weighted by molar-refractivity contribution is -0.115. The number of hydrogen-bond donors (Lipinski definition) is 1. The molecule has 1 N–H and O–H groups in total. The molecule has 1 heterocycles. The van der Waals surface area contributed by atoms with Gasteiger partial charge in [-0.2, -0.15) is 9.64 Å². The first-order valence-corrected chi connectivity index (χ1v) is 8.21. The summed E-state index contributed by atoms with van der Waals surface area (Å²) in [6.45, 7) is 1.77. The Kier molecular flexibility index (Phi) is 4.21. The molecular weight excluding hydrogens is 294 g/mol. The lowest BCUT2D eigenvalue weighted by Crippen LogP contribution is -2.15. The molecule has 112 valence electrons. The monoisotopic (exact) mass is 311 g/mol. The van der Waals surface area contributed by atoms with Crippen LogP contribution in [0.3, 0.4) is 0 Å². The summed E-state index contributed by atoms with van der Waals surface area (Å²) in [4.78, 5) is 12.2. The Balaban J connectivity index is 1.70. The normalized spacial score (nSPS) is 13.3. The minimum atomic E-state index is -0.101. The molecule has 0 saturated carbocycles. The Morgan fingerprint density at radius 3 is 2.91 bits per heavy atom. The Morgan fingerprint density at radius 1 is 1.36 bits per heavy atom. The standard InChI is InChI=1S/C17H17N3OS/c1-11-15(10-18)17(22-20-11)19-16(21)9-12-6-7-13-4-2-3-5-14(13)8-12/h6-8H,2-5,9H2,1H3,(H,19,21). The molecule has 0 bridgehead atoms. The number of rotatable bonds is 3. The minimum Gasteiger partial charge on any atom is -0.315 e. The van der Waals surface area contributed by atoms with E-state index < -0.39 is 0 Å². The second-order valence-corrected chi connectivity index (χ2v) is 6.39. The van der Waals surface area contributed by atoms with Crippen LogP contribution in [-0.2, 0) is 24.1 Å².